The number of halogens is 1. The van der Waals surface area contributed by atoms with Gasteiger partial charge in [-0.05, 0) is 52.2 Å². The molecule has 0 aliphatic carbocycles. The highest BCUT2D eigenvalue weighted by Crippen LogP contribution is 2.26. The molecule has 1 aliphatic heterocycles. The molecule has 0 spiro atoms. The fourth-order valence-corrected chi connectivity index (χ4v) is 3.00. The Morgan fingerprint density at radius 2 is 2.05 bits per heavy atom. The van der Waals surface area contributed by atoms with E-state index in [-0.39, 0.29) is 18.0 Å². The van der Waals surface area contributed by atoms with E-state index in [1.807, 2.05) is 11.8 Å². The summed E-state index contributed by atoms with van der Waals surface area (Å²) in [4.78, 5) is 19.0. The van der Waals surface area contributed by atoms with Crippen molar-refractivity contribution in [2.45, 2.75) is 52.1 Å². The van der Waals surface area contributed by atoms with E-state index in [0.717, 1.165) is 19.4 Å². The Morgan fingerprint density at radius 1 is 1.40 bits per heavy atom. The molecule has 0 bridgehead atoms. The molecule has 1 aliphatic rings. The number of anilines is 1. The van der Waals surface area contributed by atoms with Gasteiger partial charge in [-0.3, -0.25) is 4.79 Å². The zero-order valence-corrected chi connectivity index (χ0v) is 13.1. The van der Waals surface area contributed by atoms with E-state index in [4.69, 9.17) is 11.6 Å². The van der Waals surface area contributed by atoms with Crippen molar-refractivity contribution in [1.29, 1.82) is 0 Å². The van der Waals surface area contributed by atoms with Crippen LogP contribution in [0.2, 0.25) is 5.02 Å². The number of nitrogens with one attached hydrogen (secondary N) is 1. The summed E-state index contributed by atoms with van der Waals surface area (Å²) < 4.78 is 0. The molecule has 5 heteroatoms. The summed E-state index contributed by atoms with van der Waals surface area (Å²) in [6.45, 7) is 6.94. The molecule has 1 fully saturated rings. The van der Waals surface area contributed by atoms with Crippen LogP contribution < -0.4 is 5.32 Å². The number of likely N-dealkylation sites (tertiary alicyclic amines) is 1. The molecule has 0 saturated carbocycles. The van der Waals surface area contributed by atoms with Crippen LogP contribution in [-0.4, -0.2) is 34.4 Å². The highest BCUT2D eigenvalue weighted by atomic mass is 35.5. The van der Waals surface area contributed by atoms with Gasteiger partial charge in [0.1, 0.15) is 11.5 Å². The van der Waals surface area contributed by atoms with Crippen LogP contribution in [0.1, 0.15) is 50.5 Å². The minimum atomic E-state index is -0.0607. The zero-order valence-electron chi connectivity index (χ0n) is 12.3. The number of carbonyl (C=O) groups excluding carboxylic acids is 1. The largest absolute Gasteiger partial charge is 0.370 e. The molecular formula is C15H22ClN3O. The maximum atomic E-state index is 12.7. The average Bonchev–Trinajstić information content (AvgIpc) is 2.41. The summed E-state index contributed by atoms with van der Waals surface area (Å²) >= 11 is 6.17. The van der Waals surface area contributed by atoms with Crippen molar-refractivity contribution in [1.82, 2.24) is 9.88 Å². The van der Waals surface area contributed by atoms with Crippen LogP contribution in [0.25, 0.3) is 0 Å². The molecule has 2 rings (SSSR count). The van der Waals surface area contributed by atoms with Crippen LogP contribution in [0.15, 0.2) is 12.1 Å². The fraction of sp³-hybridized carbons (Fsp3) is 0.600. The number of pyridine rings is 1. The molecule has 2 heterocycles. The van der Waals surface area contributed by atoms with Gasteiger partial charge in [-0.25, -0.2) is 4.98 Å². The topological polar surface area (TPSA) is 45.2 Å². The van der Waals surface area contributed by atoms with Crippen molar-refractivity contribution in [3.63, 3.8) is 0 Å². The summed E-state index contributed by atoms with van der Waals surface area (Å²) in [6, 6.07) is 4.02. The third-order valence-electron chi connectivity index (χ3n) is 3.83. The van der Waals surface area contributed by atoms with Crippen molar-refractivity contribution < 1.29 is 4.79 Å². The Hall–Kier alpha value is -1.29. The van der Waals surface area contributed by atoms with E-state index in [0.29, 0.717) is 16.5 Å². The second-order valence-corrected chi connectivity index (χ2v) is 5.81. The molecule has 1 amide bonds. The summed E-state index contributed by atoms with van der Waals surface area (Å²) in [5.41, 5.74) is 0.353. The Morgan fingerprint density at radius 3 is 2.65 bits per heavy atom. The average molecular weight is 296 g/mol. The SMILES string of the molecule is CCNc1ccc(Cl)c(C(=O)N2C(C)CCCC2C)n1. The maximum Gasteiger partial charge on any atom is 0.274 e. The third-order valence-corrected chi connectivity index (χ3v) is 4.14. The molecule has 0 radical (unpaired) electrons. The van der Waals surface area contributed by atoms with Gasteiger partial charge in [-0.1, -0.05) is 11.6 Å². The van der Waals surface area contributed by atoms with E-state index in [1.54, 1.807) is 12.1 Å². The van der Waals surface area contributed by atoms with Crippen LogP contribution in [0.4, 0.5) is 5.82 Å². The lowest BCUT2D eigenvalue weighted by Gasteiger charge is -2.39. The van der Waals surface area contributed by atoms with E-state index in [1.165, 1.54) is 6.42 Å². The first-order chi connectivity index (χ1) is 9.54. The molecule has 110 valence electrons. The molecule has 1 saturated heterocycles. The first kappa shape index (κ1) is 15.1. The second kappa shape index (κ2) is 6.44. The molecule has 2 atom stereocenters. The summed E-state index contributed by atoms with van der Waals surface area (Å²) in [5, 5.41) is 3.53. The third kappa shape index (κ3) is 3.06. The number of hydrogen-bond acceptors (Lipinski definition) is 3. The van der Waals surface area contributed by atoms with Crippen molar-refractivity contribution >= 4 is 23.3 Å². The molecule has 2 unspecified atom stereocenters. The molecule has 1 aromatic rings. The van der Waals surface area contributed by atoms with Gasteiger partial charge in [0, 0.05) is 18.6 Å². The molecule has 4 nitrogen and oxygen atoms in total. The van der Waals surface area contributed by atoms with Crippen LogP contribution in [0.5, 0.6) is 0 Å². The van der Waals surface area contributed by atoms with Gasteiger partial charge in [0.2, 0.25) is 0 Å². The normalized spacial score (nSPS) is 22.7. The molecule has 1 N–H and O–H groups in total. The van der Waals surface area contributed by atoms with E-state index >= 15 is 0 Å². The van der Waals surface area contributed by atoms with Gasteiger partial charge in [-0.15, -0.1) is 0 Å². The monoisotopic (exact) mass is 295 g/mol. The van der Waals surface area contributed by atoms with Crippen LogP contribution in [0, 0.1) is 0 Å². The predicted octanol–water partition coefficient (Wildman–Crippen LogP) is 3.57. The Balaban J connectivity index is 2.29. The van der Waals surface area contributed by atoms with Crippen molar-refractivity contribution in [2.75, 3.05) is 11.9 Å². The summed E-state index contributed by atoms with van der Waals surface area (Å²) in [6.07, 6.45) is 3.26. The number of rotatable bonds is 3. The van der Waals surface area contributed by atoms with Crippen molar-refractivity contribution in [3.8, 4) is 0 Å². The fourth-order valence-electron chi connectivity index (χ4n) is 2.82. The van der Waals surface area contributed by atoms with Gasteiger partial charge in [-0.2, -0.15) is 0 Å². The van der Waals surface area contributed by atoms with Gasteiger partial charge in [0.15, 0.2) is 0 Å². The van der Waals surface area contributed by atoms with Crippen LogP contribution in [0.3, 0.4) is 0 Å². The Kier molecular flexibility index (Phi) is 4.86. The van der Waals surface area contributed by atoms with Gasteiger partial charge >= 0.3 is 0 Å². The number of hydrogen-bond donors (Lipinski definition) is 1. The molecular weight excluding hydrogens is 274 g/mol. The van der Waals surface area contributed by atoms with Gasteiger partial charge in [0.25, 0.3) is 5.91 Å². The summed E-state index contributed by atoms with van der Waals surface area (Å²) in [5.74, 6) is 0.631. The van der Waals surface area contributed by atoms with Crippen molar-refractivity contribution in [2.24, 2.45) is 0 Å². The standard InChI is InChI=1S/C15H22ClN3O/c1-4-17-13-9-8-12(16)14(18-13)15(20)19-10(2)6-5-7-11(19)3/h8-11H,4-7H2,1-3H3,(H,17,18). The molecule has 1 aromatic heterocycles. The second-order valence-electron chi connectivity index (χ2n) is 5.40. The minimum absolute atomic E-state index is 0.0607. The molecule has 0 aromatic carbocycles. The van der Waals surface area contributed by atoms with Gasteiger partial charge < -0.3 is 10.2 Å². The zero-order chi connectivity index (χ0) is 14.7. The minimum Gasteiger partial charge on any atom is -0.370 e. The quantitative estimate of drug-likeness (QED) is 0.927. The number of nitrogens with zero attached hydrogens (tertiary/aromatic N) is 2. The highest BCUT2D eigenvalue weighted by molar-refractivity contribution is 6.33. The van der Waals surface area contributed by atoms with E-state index in [2.05, 4.69) is 24.1 Å². The summed E-state index contributed by atoms with van der Waals surface area (Å²) in [7, 11) is 0. The lowest BCUT2D eigenvalue weighted by Crippen LogP contribution is -2.47. The first-order valence-corrected chi connectivity index (χ1v) is 7.65. The molecule has 20 heavy (non-hydrogen) atoms. The maximum absolute atomic E-state index is 12.7. The van der Waals surface area contributed by atoms with E-state index < -0.39 is 0 Å². The number of carbonyl (C=O) groups is 1. The van der Waals surface area contributed by atoms with Crippen LogP contribution in [-0.2, 0) is 0 Å². The highest BCUT2D eigenvalue weighted by Gasteiger charge is 2.31. The Bertz CT molecular complexity index is 482. The lowest BCUT2D eigenvalue weighted by atomic mass is 9.97. The van der Waals surface area contributed by atoms with Crippen molar-refractivity contribution in [3.05, 3.63) is 22.8 Å². The smallest absolute Gasteiger partial charge is 0.274 e. The number of amides is 1. The first-order valence-electron chi connectivity index (χ1n) is 7.27. The predicted molar refractivity (Wildman–Crippen MR) is 82.4 cm³/mol. The van der Waals surface area contributed by atoms with Crippen LogP contribution >= 0.6 is 11.6 Å². The Labute approximate surface area is 125 Å². The van der Waals surface area contributed by atoms with Gasteiger partial charge in [0.05, 0.1) is 5.02 Å². The lowest BCUT2D eigenvalue weighted by molar-refractivity contribution is 0.0505. The number of aromatic nitrogens is 1. The number of piperidine rings is 1. The van der Waals surface area contributed by atoms with E-state index in [9.17, 15) is 4.79 Å².